The summed E-state index contributed by atoms with van der Waals surface area (Å²) in [5.41, 5.74) is 0. The fraction of sp³-hybridized carbons (Fsp3) is 0.833. The highest BCUT2D eigenvalue weighted by molar-refractivity contribution is 5.75. The fourth-order valence-electron chi connectivity index (χ4n) is 6.88. The lowest BCUT2D eigenvalue weighted by molar-refractivity contribution is -0.383. The van der Waals surface area contributed by atoms with Crippen molar-refractivity contribution in [2.75, 3.05) is 0 Å². The van der Waals surface area contributed by atoms with Crippen molar-refractivity contribution in [3.8, 4) is 0 Å². The molecule has 0 amide bonds. The highest BCUT2D eigenvalue weighted by Crippen LogP contribution is 2.36. The number of rotatable bonds is 13. The number of ether oxygens (including phenoxy) is 9. The Bertz CT molecular complexity index is 1600. The van der Waals surface area contributed by atoms with E-state index in [1.54, 1.807) is 0 Å². The van der Waals surface area contributed by atoms with E-state index in [-0.39, 0.29) is 0 Å². The number of aliphatic hydroxyl groups excluding tert-OH is 12. The molecule has 5 fully saturated rings. The molecule has 0 unspecified atom stereocenters. The Balaban J connectivity index is 1.30. The highest BCUT2D eigenvalue weighted by Gasteiger charge is 2.59. The van der Waals surface area contributed by atoms with E-state index in [1.807, 2.05) is 0 Å². The Morgan fingerprint density at radius 1 is 0.279 bits per heavy atom. The molecule has 0 aromatic carbocycles. The average Bonchev–Trinajstić information content (AvgIpc) is 3.18. The Morgan fingerprint density at radius 2 is 0.508 bits per heavy atom. The molecular weight excluding hydrogens is 856 g/mol. The molecule has 0 aromatic rings. The maximum Gasteiger partial charge on any atom is 0.335 e. The molecule has 0 aliphatic carbocycles. The van der Waals surface area contributed by atoms with Crippen molar-refractivity contribution < 1.29 is 153 Å². The number of hydrogen-bond acceptors (Lipinski definition) is 26. The zero-order valence-corrected chi connectivity index (χ0v) is 30.3. The predicted molar refractivity (Wildman–Crippen MR) is 169 cm³/mol. The quantitative estimate of drug-likeness (QED) is 0.0816. The fourth-order valence-corrected chi connectivity index (χ4v) is 6.88. The largest absolute Gasteiger partial charge is 0.479 e. The van der Waals surface area contributed by atoms with E-state index in [0.29, 0.717) is 0 Å². The number of hydrogen-bond donors (Lipinski definition) is 17. The first-order chi connectivity index (χ1) is 28.4. The van der Waals surface area contributed by atoms with E-state index in [0.717, 1.165) is 0 Å². The third-order valence-electron chi connectivity index (χ3n) is 10.1. The van der Waals surface area contributed by atoms with E-state index in [9.17, 15) is 111 Å². The van der Waals surface area contributed by atoms with Crippen LogP contribution in [0.3, 0.4) is 0 Å². The molecule has 31 heteroatoms. The van der Waals surface area contributed by atoms with Crippen LogP contribution in [0.25, 0.3) is 0 Å². The summed E-state index contributed by atoms with van der Waals surface area (Å²) in [6.45, 7) is 0. The molecule has 31 nitrogen and oxygen atoms in total. The molecule has 5 rings (SSSR count). The summed E-state index contributed by atoms with van der Waals surface area (Å²) in [6.07, 6.45) is -59.6. The van der Waals surface area contributed by atoms with Gasteiger partial charge in [-0.15, -0.1) is 0 Å². The molecule has 0 spiro atoms. The molecule has 348 valence electrons. The predicted octanol–water partition coefficient (Wildman–Crippen LogP) is -11.5. The minimum absolute atomic E-state index is 1.87. The standard InChI is InChI=1S/C30H42O31/c31-1-2(32)16(21(42)43)58-27(8(1)38)55-13-4(34)10(40)29(60-18(13)23(46)47)57-15-6(36)11(41)30(61-20(15)25(50)51)56-14-5(35)9(39)28(59-19(14)24(48)49)54-12-3(33)7(37)26(52)53-17(12)22(44)45/h1-20,26-41,52H,(H,42,43)(H,44,45)(H,46,47)(H,48,49)(H,50,51)/t1-,2-,3+,4+,5+,6+,7-,8-,9-,10-,11-,12-,13-,14-,15-,16-,17-,18-,19+,20+,26+,27+,28+,29+,30+/m0/s1. The van der Waals surface area contributed by atoms with Crippen LogP contribution in [-0.4, -0.2) is 270 Å². The maximum absolute atomic E-state index is 12.3. The molecule has 0 bridgehead atoms. The molecular formula is C30H42O31. The van der Waals surface area contributed by atoms with Gasteiger partial charge in [-0.05, 0) is 0 Å². The van der Waals surface area contributed by atoms with Crippen LogP contribution < -0.4 is 0 Å². The highest BCUT2D eigenvalue weighted by atomic mass is 16.8. The van der Waals surface area contributed by atoms with Crippen molar-refractivity contribution >= 4 is 29.8 Å². The molecule has 5 heterocycles. The lowest BCUT2D eigenvalue weighted by Crippen LogP contribution is -2.69. The number of carboxylic acid groups (broad SMARTS) is 5. The molecule has 25 atom stereocenters. The summed E-state index contributed by atoms with van der Waals surface area (Å²) in [6, 6.07) is 0. The third-order valence-corrected chi connectivity index (χ3v) is 10.1. The van der Waals surface area contributed by atoms with Crippen LogP contribution in [0.15, 0.2) is 0 Å². The summed E-state index contributed by atoms with van der Waals surface area (Å²) >= 11 is 0. The van der Waals surface area contributed by atoms with Gasteiger partial charge < -0.3 is 129 Å². The van der Waals surface area contributed by atoms with Crippen LogP contribution in [0, 0.1) is 0 Å². The van der Waals surface area contributed by atoms with Gasteiger partial charge in [-0.25, -0.2) is 24.0 Å². The van der Waals surface area contributed by atoms with Crippen molar-refractivity contribution in [3.05, 3.63) is 0 Å². The Hall–Kier alpha value is -3.49. The number of aliphatic carboxylic acids is 5. The Labute approximate surface area is 337 Å². The summed E-state index contributed by atoms with van der Waals surface area (Å²) in [7, 11) is 0. The van der Waals surface area contributed by atoms with Crippen molar-refractivity contribution in [1.82, 2.24) is 0 Å². The lowest BCUT2D eigenvalue weighted by atomic mass is 9.95. The van der Waals surface area contributed by atoms with Gasteiger partial charge in [0.25, 0.3) is 0 Å². The van der Waals surface area contributed by atoms with Gasteiger partial charge in [0, 0.05) is 0 Å². The van der Waals surface area contributed by atoms with E-state index >= 15 is 0 Å². The topological polar surface area (TPSA) is 512 Å². The van der Waals surface area contributed by atoms with Gasteiger partial charge in [-0.3, -0.25) is 0 Å². The molecule has 17 N–H and O–H groups in total. The average molecular weight is 899 g/mol. The van der Waals surface area contributed by atoms with Crippen LogP contribution in [0.2, 0.25) is 0 Å². The SMILES string of the molecule is O=C(O)[C@H]1O[C@@H](O[C@H]2[C@H](O)[C@H](O)[C@H](O[C@H]3[C@H](O)[C@H](O)[C@H](O[C@H]4[C@H](O)[C@H](O)[C@H](O[C@H]5[C@H](O)[C@H](O)[C@H](O)O[C@@H]5C(=O)O)O[C@H]4C(=O)O)O[C@H]3C(=O)O)O[C@@H]2C(=O)O)[C@@H](O)[C@@H](O)[C@@H]1O. The number of aliphatic hydroxyl groups is 12. The summed E-state index contributed by atoms with van der Waals surface area (Å²) in [5.74, 6) is -9.88. The normalized spacial score (nSPS) is 49.4. The summed E-state index contributed by atoms with van der Waals surface area (Å²) in [5, 5.41) is 174. The molecule has 0 saturated carbocycles. The lowest BCUT2D eigenvalue weighted by Gasteiger charge is -2.48. The van der Waals surface area contributed by atoms with Gasteiger partial charge in [0.2, 0.25) is 0 Å². The molecule has 61 heavy (non-hydrogen) atoms. The van der Waals surface area contributed by atoms with Crippen LogP contribution in [0.4, 0.5) is 0 Å². The molecule has 5 aliphatic heterocycles. The smallest absolute Gasteiger partial charge is 0.335 e. The van der Waals surface area contributed by atoms with E-state index < -0.39 is 183 Å². The van der Waals surface area contributed by atoms with E-state index in [4.69, 9.17) is 37.9 Å². The molecule has 5 saturated heterocycles. The Morgan fingerprint density at radius 3 is 0.787 bits per heavy atom. The van der Waals surface area contributed by atoms with Gasteiger partial charge in [0.1, 0.15) is 91.6 Å². The first kappa shape index (κ1) is 48.5. The monoisotopic (exact) mass is 898 g/mol. The van der Waals surface area contributed by atoms with Crippen molar-refractivity contribution in [1.29, 1.82) is 0 Å². The number of carboxylic acids is 5. The van der Waals surface area contributed by atoms with Crippen LogP contribution in [0.1, 0.15) is 0 Å². The van der Waals surface area contributed by atoms with Crippen LogP contribution >= 0.6 is 0 Å². The van der Waals surface area contributed by atoms with Crippen LogP contribution in [-0.2, 0) is 66.6 Å². The van der Waals surface area contributed by atoms with Gasteiger partial charge in [0.05, 0.1) is 0 Å². The second-order valence-electron chi connectivity index (χ2n) is 14.1. The second-order valence-corrected chi connectivity index (χ2v) is 14.1. The zero-order valence-electron chi connectivity index (χ0n) is 30.3. The van der Waals surface area contributed by atoms with Crippen molar-refractivity contribution in [2.45, 2.75) is 154 Å². The summed E-state index contributed by atoms with van der Waals surface area (Å²) < 4.78 is 45.9. The first-order valence-corrected chi connectivity index (χ1v) is 17.6. The van der Waals surface area contributed by atoms with Gasteiger partial charge in [-0.1, -0.05) is 0 Å². The third kappa shape index (κ3) is 9.56. The van der Waals surface area contributed by atoms with Gasteiger partial charge >= 0.3 is 29.8 Å². The molecule has 0 radical (unpaired) electrons. The van der Waals surface area contributed by atoms with Crippen molar-refractivity contribution in [3.63, 3.8) is 0 Å². The maximum atomic E-state index is 12.3. The zero-order chi connectivity index (χ0) is 45.7. The van der Waals surface area contributed by atoms with Gasteiger partial charge in [-0.2, -0.15) is 0 Å². The van der Waals surface area contributed by atoms with Gasteiger partial charge in [0.15, 0.2) is 62.0 Å². The molecule has 5 aliphatic rings. The number of carbonyl (C=O) groups is 5. The van der Waals surface area contributed by atoms with E-state index in [1.165, 1.54) is 0 Å². The second kappa shape index (κ2) is 19.1. The van der Waals surface area contributed by atoms with E-state index in [2.05, 4.69) is 4.74 Å². The summed E-state index contributed by atoms with van der Waals surface area (Å²) in [4.78, 5) is 59.9. The first-order valence-electron chi connectivity index (χ1n) is 17.6. The molecule has 0 aromatic heterocycles. The van der Waals surface area contributed by atoms with Crippen molar-refractivity contribution in [2.24, 2.45) is 0 Å². The van der Waals surface area contributed by atoms with Crippen LogP contribution in [0.5, 0.6) is 0 Å². The Kier molecular flexibility index (Phi) is 15.2. The minimum atomic E-state index is -2.56. The minimum Gasteiger partial charge on any atom is -0.479 e.